The molecule has 3 aromatic rings. The summed E-state index contributed by atoms with van der Waals surface area (Å²) in [5.41, 5.74) is 1.40. The third-order valence-corrected chi connectivity index (χ3v) is 5.93. The van der Waals surface area contributed by atoms with Crippen molar-refractivity contribution >= 4 is 11.3 Å². The number of aromatic nitrogens is 1. The maximum atomic E-state index is 5.68. The van der Waals surface area contributed by atoms with Crippen LogP contribution in [-0.2, 0) is 13.1 Å². The molecule has 1 aromatic carbocycles. The van der Waals surface area contributed by atoms with Gasteiger partial charge in [0, 0.05) is 25.3 Å². The molecule has 0 amide bonds. The van der Waals surface area contributed by atoms with E-state index < -0.39 is 0 Å². The Morgan fingerprint density at radius 1 is 1.15 bits per heavy atom. The van der Waals surface area contributed by atoms with Crippen molar-refractivity contribution in [2.45, 2.75) is 38.9 Å². The molecule has 2 aromatic heterocycles. The van der Waals surface area contributed by atoms with Gasteiger partial charge < -0.3 is 9.73 Å². The lowest BCUT2D eigenvalue weighted by atomic mass is 10.0. The van der Waals surface area contributed by atoms with E-state index in [2.05, 4.69) is 45.5 Å². The van der Waals surface area contributed by atoms with Gasteiger partial charge in [-0.2, -0.15) is 0 Å². The standard InChI is InChI=1S/C21H25N3OS/c1-16-7-8-19(25-16)20-13-23-21(26-20)14-22-18-9-11-24(12-10-18)15-17-5-3-2-4-6-17/h2-8,13,18,22H,9-12,14-15H2,1H3. The molecular weight excluding hydrogens is 342 g/mol. The second-order valence-corrected chi connectivity index (χ2v) is 8.06. The first kappa shape index (κ1) is 17.5. The maximum Gasteiger partial charge on any atom is 0.145 e. The van der Waals surface area contributed by atoms with Crippen LogP contribution in [0.2, 0.25) is 0 Å². The third kappa shape index (κ3) is 4.41. The Hall–Kier alpha value is -1.95. The molecule has 1 aliphatic heterocycles. The highest BCUT2D eigenvalue weighted by Gasteiger charge is 2.19. The number of likely N-dealkylation sites (tertiary alicyclic amines) is 1. The van der Waals surface area contributed by atoms with Gasteiger partial charge in [-0.1, -0.05) is 30.3 Å². The Morgan fingerprint density at radius 3 is 2.69 bits per heavy atom. The van der Waals surface area contributed by atoms with Gasteiger partial charge in [-0.25, -0.2) is 4.98 Å². The molecule has 0 bridgehead atoms. The first-order valence-electron chi connectivity index (χ1n) is 9.27. The van der Waals surface area contributed by atoms with Gasteiger partial charge in [0.1, 0.15) is 16.5 Å². The number of nitrogens with zero attached hydrogens (tertiary/aromatic N) is 2. The molecular formula is C21H25N3OS. The molecule has 3 heterocycles. The van der Waals surface area contributed by atoms with E-state index in [1.807, 2.05) is 25.3 Å². The normalized spacial score (nSPS) is 16.2. The predicted octanol–water partition coefficient (Wildman–Crippen LogP) is 4.47. The van der Waals surface area contributed by atoms with Crippen molar-refractivity contribution < 1.29 is 4.42 Å². The molecule has 1 saturated heterocycles. The van der Waals surface area contributed by atoms with Crippen LogP contribution in [0, 0.1) is 6.92 Å². The average molecular weight is 368 g/mol. The molecule has 4 rings (SSSR count). The number of hydrogen-bond donors (Lipinski definition) is 1. The zero-order valence-corrected chi connectivity index (χ0v) is 16.0. The van der Waals surface area contributed by atoms with Gasteiger partial charge in [0.05, 0.1) is 4.88 Å². The third-order valence-electron chi connectivity index (χ3n) is 4.92. The summed E-state index contributed by atoms with van der Waals surface area (Å²) in [5, 5.41) is 4.81. The lowest BCUT2D eigenvalue weighted by molar-refractivity contribution is 0.190. The van der Waals surface area contributed by atoms with Crippen LogP contribution >= 0.6 is 11.3 Å². The molecule has 1 aliphatic rings. The van der Waals surface area contributed by atoms with Crippen molar-refractivity contribution in [2.75, 3.05) is 13.1 Å². The minimum absolute atomic E-state index is 0.584. The first-order valence-corrected chi connectivity index (χ1v) is 10.1. The summed E-state index contributed by atoms with van der Waals surface area (Å²) in [6.07, 6.45) is 4.31. The number of thiazole rings is 1. The van der Waals surface area contributed by atoms with E-state index in [0.717, 1.165) is 47.6 Å². The van der Waals surface area contributed by atoms with Gasteiger partial charge in [0.25, 0.3) is 0 Å². The monoisotopic (exact) mass is 367 g/mol. The van der Waals surface area contributed by atoms with Gasteiger partial charge in [-0.15, -0.1) is 11.3 Å². The maximum absolute atomic E-state index is 5.68. The van der Waals surface area contributed by atoms with Crippen LogP contribution in [0.25, 0.3) is 10.6 Å². The molecule has 4 nitrogen and oxygen atoms in total. The van der Waals surface area contributed by atoms with E-state index in [4.69, 9.17) is 4.42 Å². The number of hydrogen-bond acceptors (Lipinski definition) is 5. The van der Waals surface area contributed by atoms with Crippen LogP contribution in [0.15, 0.2) is 53.1 Å². The Balaban J connectivity index is 1.23. The Labute approximate surface area is 158 Å². The molecule has 1 N–H and O–H groups in total. The van der Waals surface area contributed by atoms with Crippen LogP contribution in [-0.4, -0.2) is 29.0 Å². The van der Waals surface area contributed by atoms with E-state index in [0.29, 0.717) is 6.04 Å². The van der Waals surface area contributed by atoms with Crippen molar-refractivity contribution in [2.24, 2.45) is 0 Å². The van der Waals surface area contributed by atoms with Gasteiger partial charge >= 0.3 is 0 Å². The highest BCUT2D eigenvalue weighted by molar-refractivity contribution is 7.15. The average Bonchev–Trinajstić information content (AvgIpc) is 3.31. The zero-order valence-electron chi connectivity index (χ0n) is 15.1. The summed E-state index contributed by atoms with van der Waals surface area (Å²) in [5.74, 6) is 1.86. The van der Waals surface area contributed by atoms with Gasteiger partial charge in [0.15, 0.2) is 0 Å². The minimum atomic E-state index is 0.584. The van der Waals surface area contributed by atoms with Gasteiger partial charge in [-0.05, 0) is 50.6 Å². The molecule has 0 spiro atoms. The van der Waals surface area contributed by atoms with Crippen molar-refractivity contribution in [3.8, 4) is 10.6 Å². The number of nitrogens with one attached hydrogen (secondary N) is 1. The second kappa shape index (κ2) is 8.16. The predicted molar refractivity (Wildman–Crippen MR) is 106 cm³/mol. The van der Waals surface area contributed by atoms with E-state index in [9.17, 15) is 0 Å². The molecule has 0 saturated carbocycles. The lowest BCUT2D eigenvalue weighted by Crippen LogP contribution is -2.41. The van der Waals surface area contributed by atoms with Crippen LogP contribution in [0.5, 0.6) is 0 Å². The van der Waals surface area contributed by atoms with Gasteiger partial charge in [-0.3, -0.25) is 4.90 Å². The van der Waals surface area contributed by atoms with Crippen molar-refractivity contribution in [3.05, 3.63) is 65.0 Å². The van der Waals surface area contributed by atoms with Crippen LogP contribution in [0.1, 0.15) is 29.2 Å². The lowest BCUT2D eigenvalue weighted by Gasteiger charge is -2.32. The molecule has 26 heavy (non-hydrogen) atoms. The minimum Gasteiger partial charge on any atom is -0.460 e. The number of rotatable bonds is 6. The van der Waals surface area contributed by atoms with Crippen LogP contribution in [0.3, 0.4) is 0 Å². The largest absolute Gasteiger partial charge is 0.460 e. The van der Waals surface area contributed by atoms with Crippen molar-refractivity contribution in [1.29, 1.82) is 0 Å². The first-order chi connectivity index (χ1) is 12.8. The molecule has 0 unspecified atom stereocenters. The summed E-state index contributed by atoms with van der Waals surface area (Å²) >= 11 is 1.71. The van der Waals surface area contributed by atoms with Gasteiger partial charge in [0.2, 0.25) is 0 Å². The second-order valence-electron chi connectivity index (χ2n) is 6.95. The molecule has 5 heteroatoms. The fourth-order valence-electron chi connectivity index (χ4n) is 3.44. The summed E-state index contributed by atoms with van der Waals surface area (Å²) in [4.78, 5) is 8.20. The van der Waals surface area contributed by atoms with Crippen molar-refractivity contribution in [1.82, 2.24) is 15.2 Å². The fraction of sp³-hybridized carbons (Fsp3) is 0.381. The number of piperidine rings is 1. The molecule has 136 valence electrons. The number of furan rings is 1. The van der Waals surface area contributed by atoms with Crippen LogP contribution in [0.4, 0.5) is 0 Å². The molecule has 0 radical (unpaired) electrons. The highest BCUT2D eigenvalue weighted by atomic mass is 32.1. The number of benzene rings is 1. The highest BCUT2D eigenvalue weighted by Crippen LogP contribution is 2.27. The molecule has 1 fully saturated rings. The Bertz CT molecular complexity index is 819. The summed E-state index contributed by atoms with van der Waals surface area (Å²) in [6.45, 7) is 6.18. The Morgan fingerprint density at radius 2 is 1.96 bits per heavy atom. The quantitative estimate of drug-likeness (QED) is 0.698. The number of aryl methyl sites for hydroxylation is 1. The topological polar surface area (TPSA) is 41.3 Å². The Kier molecular flexibility index (Phi) is 5.48. The van der Waals surface area contributed by atoms with E-state index in [-0.39, 0.29) is 0 Å². The summed E-state index contributed by atoms with van der Waals surface area (Å²) in [7, 11) is 0. The zero-order chi connectivity index (χ0) is 17.8. The SMILES string of the molecule is Cc1ccc(-c2cnc(CNC3CCN(Cc4ccccc4)CC3)s2)o1. The molecule has 0 atom stereocenters. The van der Waals surface area contributed by atoms with E-state index in [1.165, 1.54) is 18.4 Å². The molecule has 0 aliphatic carbocycles. The summed E-state index contributed by atoms with van der Waals surface area (Å²) < 4.78 is 5.68. The fourth-order valence-corrected chi connectivity index (χ4v) is 4.27. The summed E-state index contributed by atoms with van der Waals surface area (Å²) in [6, 6.07) is 15.3. The smallest absolute Gasteiger partial charge is 0.145 e. The van der Waals surface area contributed by atoms with E-state index in [1.54, 1.807) is 11.3 Å². The van der Waals surface area contributed by atoms with Crippen molar-refractivity contribution in [3.63, 3.8) is 0 Å². The van der Waals surface area contributed by atoms with Crippen LogP contribution < -0.4 is 5.32 Å². The van der Waals surface area contributed by atoms with E-state index >= 15 is 0 Å².